The summed E-state index contributed by atoms with van der Waals surface area (Å²) in [7, 11) is 0. The predicted octanol–water partition coefficient (Wildman–Crippen LogP) is 20.3. The van der Waals surface area contributed by atoms with Gasteiger partial charge in [-0.3, -0.25) is 0 Å². The zero-order valence-corrected chi connectivity index (χ0v) is 40.9. The minimum Gasteiger partial charge on any atom is -0.455 e. The molecule has 0 unspecified atom stereocenters. The molecule has 15 aromatic rings. The third-order valence-electron chi connectivity index (χ3n) is 15.4. The van der Waals surface area contributed by atoms with Crippen LogP contribution in [0.15, 0.2) is 283 Å². The fourth-order valence-electron chi connectivity index (χ4n) is 11.7. The molecule has 2 heterocycles. The second-order valence-electron chi connectivity index (χ2n) is 19.6. The van der Waals surface area contributed by atoms with Crippen molar-refractivity contribution in [1.82, 2.24) is 4.57 Å². The molecule has 13 aromatic carbocycles. The molecule has 0 N–H and O–H groups in total. The summed E-state index contributed by atoms with van der Waals surface area (Å²) in [5.41, 5.74) is 17.8. The van der Waals surface area contributed by atoms with E-state index in [4.69, 9.17) is 4.42 Å². The Kier molecular flexibility index (Phi) is 9.89. The number of hydrogen-bond acceptors (Lipinski definition) is 2. The molecule has 0 aliphatic carbocycles. The first kappa shape index (κ1) is 42.7. The van der Waals surface area contributed by atoms with E-state index in [2.05, 4.69) is 289 Å². The van der Waals surface area contributed by atoms with Gasteiger partial charge < -0.3 is 13.9 Å². The number of nitrogens with zero attached hydrogens (tertiary/aromatic N) is 2. The van der Waals surface area contributed by atoms with Gasteiger partial charge in [0.1, 0.15) is 11.2 Å². The average Bonchev–Trinajstić information content (AvgIpc) is 4.05. The van der Waals surface area contributed by atoms with Crippen molar-refractivity contribution in [2.75, 3.05) is 4.90 Å². The summed E-state index contributed by atoms with van der Waals surface area (Å²) < 4.78 is 9.04. The second-order valence-corrected chi connectivity index (χ2v) is 19.6. The van der Waals surface area contributed by atoms with Crippen molar-refractivity contribution in [2.24, 2.45) is 0 Å². The standard InChI is InChI=1S/C72H46N2O/c1-3-18-61-51(12-1)30-31-56-44-54(37-42-62(56)61)49-28-26-47(27-29-49)48-32-38-57(39-33-48)73(59-16-10-15-55(46-59)63-22-11-25-70-71(63)67-43-36-52-13-2-4-19-64(52)72(67)75-70)58-40-34-50(35-41-58)53-14-9-17-60(45-53)74-68-23-7-5-20-65(68)66-21-6-8-24-69(66)74/h1-46H. The largest absolute Gasteiger partial charge is 0.455 e. The third kappa shape index (κ3) is 7.20. The molecule has 15 rings (SSSR count). The number of benzene rings is 13. The molecule has 0 fully saturated rings. The molecular formula is C72H46N2O. The van der Waals surface area contributed by atoms with Gasteiger partial charge in [0.15, 0.2) is 0 Å². The highest BCUT2D eigenvalue weighted by atomic mass is 16.3. The molecule has 0 atom stereocenters. The Morgan fingerprint density at radius 1 is 0.280 bits per heavy atom. The fraction of sp³-hybridized carbons (Fsp3) is 0. The summed E-state index contributed by atoms with van der Waals surface area (Å²) in [6.07, 6.45) is 0. The Morgan fingerprint density at radius 2 is 0.773 bits per heavy atom. The van der Waals surface area contributed by atoms with Crippen LogP contribution in [0.3, 0.4) is 0 Å². The summed E-state index contributed by atoms with van der Waals surface area (Å²) in [6.45, 7) is 0. The summed E-state index contributed by atoms with van der Waals surface area (Å²) >= 11 is 0. The first-order valence-electron chi connectivity index (χ1n) is 25.7. The van der Waals surface area contributed by atoms with E-state index in [0.29, 0.717) is 0 Å². The molecule has 2 aromatic heterocycles. The molecule has 0 saturated carbocycles. The third-order valence-corrected chi connectivity index (χ3v) is 15.4. The molecule has 0 radical (unpaired) electrons. The Labute approximate surface area is 434 Å². The van der Waals surface area contributed by atoms with Gasteiger partial charge in [-0.05, 0) is 150 Å². The smallest absolute Gasteiger partial charge is 0.143 e. The molecule has 75 heavy (non-hydrogen) atoms. The van der Waals surface area contributed by atoms with Gasteiger partial charge in [0.2, 0.25) is 0 Å². The van der Waals surface area contributed by atoms with Crippen LogP contribution in [0.5, 0.6) is 0 Å². The van der Waals surface area contributed by atoms with E-state index in [1.54, 1.807) is 0 Å². The van der Waals surface area contributed by atoms with E-state index >= 15 is 0 Å². The number of para-hydroxylation sites is 2. The lowest BCUT2D eigenvalue weighted by molar-refractivity contribution is 0.673. The minimum absolute atomic E-state index is 0.883. The van der Waals surface area contributed by atoms with Crippen molar-refractivity contribution in [3.05, 3.63) is 279 Å². The van der Waals surface area contributed by atoms with Crippen LogP contribution in [0.1, 0.15) is 0 Å². The van der Waals surface area contributed by atoms with Gasteiger partial charge in [-0.1, -0.05) is 200 Å². The van der Waals surface area contributed by atoms with E-state index in [-0.39, 0.29) is 0 Å². The van der Waals surface area contributed by atoms with Gasteiger partial charge >= 0.3 is 0 Å². The highest BCUT2D eigenvalue weighted by Crippen LogP contribution is 2.43. The number of fused-ring (bicyclic) bond motifs is 11. The topological polar surface area (TPSA) is 21.3 Å². The first-order valence-corrected chi connectivity index (χ1v) is 25.7. The number of furan rings is 1. The number of aromatic nitrogens is 1. The van der Waals surface area contributed by atoms with Crippen LogP contribution in [0.2, 0.25) is 0 Å². The quantitative estimate of drug-likeness (QED) is 0.142. The normalized spacial score (nSPS) is 11.7. The second kappa shape index (κ2) is 17.4. The van der Waals surface area contributed by atoms with Crippen LogP contribution in [0.4, 0.5) is 17.1 Å². The highest BCUT2D eigenvalue weighted by Gasteiger charge is 2.19. The van der Waals surface area contributed by atoms with Gasteiger partial charge in [-0.2, -0.15) is 0 Å². The molecular weight excluding hydrogens is 909 g/mol. The van der Waals surface area contributed by atoms with Crippen LogP contribution in [-0.4, -0.2) is 4.57 Å². The maximum atomic E-state index is 6.65. The molecule has 350 valence electrons. The van der Waals surface area contributed by atoms with E-state index < -0.39 is 0 Å². The van der Waals surface area contributed by atoms with E-state index in [0.717, 1.165) is 77.9 Å². The van der Waals surface area contributed by atoms with Crippen molar-refractivity contribution in [1.29, 1.82) is 0 Å². The van der Waals surface area contributed by atoms with Crippen molar-refractivity contribution >= 4 is 93.1 Å². The molecule has 0 spiro atoms. The van der Waals surface area contributed by atoms with Gasteiger partial charge in [0.05, 0.1) is 11.0 Å². The Bertz CT molecular complexity index is 4640. The molecule has 3 heteroatoms. The zero-order valence-electron chi connectivity index (χ0n) is 40.9. The lowest BCUT2D eigenvalue weighted by atomic mass is 9.96. The molecule has 0 bridgehead atoms. The van der Waals surface area contributed by atoms with Crippen molar-refractivity contribution in [2.45, 2.75) is 0 Å². The van der Waals surface area contributed by atoms with Crippen LogP contribution in [0, 0.1) is 0 Å². The van der Waals surface area contributed by atoms with Crippen LogP contribution >= 0.6 is 0 Å². The van der Waals surface area contributed by atoms with E-state index in [1.807, 2.05) is 0 Å². The number of hydrogen-bond donors (Lipinski definition) is 0. The first-order chi connectivity index (χ1) is 37.2. The van der Waals surface area contributed by atoms with Crippen molar-refractivity contribution < 1.29 is 4.42 Å². The molecule has 0 aliphatic heterocycles. The van der Waals surface area contributed by atoms with Gasteiger partial charge in [0.25, 0.3) is 0 Å². The zero-order chi connectivity index (χ0) is 49.4. The summed E-state index contributed by atoms with van der Waals surface area (Å²) in [5, 5.41) is 12.1. The molecule has 3 nitrogen and oxygen atoms in total. The Morgan fingerprint density at radius 3 is 1.48 bits per heavy atom. The Hall–Kier alpha value is -9.96. The van der Waals surface area contributed by atoms with Gasteiger partial charge in [-0.25, -0.2) is 0 Å². The van der Waals surface area contributed by atoms with Crippen molar-refractivity contribution in [3.63, 3.8) is 0 Å². The molecule has 0 saturated heterocycles. The van der Waals surface area contributed by atoms with Gasteiger partial charge in [0, 0.05) is 49.7 Å². The van der Waals surface area contributed by atoms with Gasteiger partial charge in [-0.15, -0.1) is 0 Å². The number of rotatable bonds is 8. The average molecular weight is 955 g/mol. The molecule has 0 aliphatic rings. The number of anilines is 3. The maximum absolute atomic E-state index is 6.65. The van der Waals surface area contributed by atoms with E-state index in [9.17, 15) is 0 Å². The lowest BCUT2D eigenvalue weighted by Gasteiger charge is -2.26. The van der Waals surface area contributed by atoms with Crippen LogP contribution in [-0.2, 0) is 0 Å². The van der Waals surface area contributed by atoms with Crippen LogP contribution < -0.4 is 4.90 Å². The lowest BCUT2D eigenvalue weighted by Crippen LogP contribution is -2.10. The van der Waals surface area contributed by atoms with Crippen molar-refractivity contribution in [3.8, 4) is 50.2 Å². The highest BCUT2D eigenvalue weighted by molar-refractivity contribution is 6.19. The fourth-order valence-corrected chi connectivity index (χ4v) is 11.7. The summed E-state index contributed by atoms with van der Waals surface area (Å²) in [4.78, 5) is 2.37. The van der Waals surface area contributed by atoms with E-state index in [1.165, 1.54) is 65.4 Å². The minimum atomic E-state index is 0.883. The SMILES string of the molecule is c1cc(-c2cccc3oc4c5ccccc5ccc4c23)cc(N(c2ccc(-c3ccc(-c4ccc5c(ccc6ccccc65)c4)cc3)cc2)c2ccc(-c3cccc(-n4c5ccccc5c5ccccc54)c3)cc2)c1. The van der Waals surface area contributed by atoms with Crippen LogP contribution in [0.25, 0.3) is 126 Å². The predicted molar refractivity (Wildman–Crippen MR) is 317 cm³/mol. The molecule has 0 amide bonds. The monoisotopic (exact) mass is 954 g/mol. The summed E-state index contributed by atoms with van der Waals surface area (Å²) in [5.74, 6) is 0. The summed E-state index contributed by atoms with van der Waals surface area (Å²) in [6, 6.07) is 101. The maximum Gasteiger partial charge on any atom is 0.143 e. The Balaban J connectivity index is 0.801.